The van der Waals surface area contributed by atoms with Gasteiger partial charge in [0.15, 0.2) is 0 Å². The number of urea groups is 1. The van der Waals surface area contributed by atoms with Crippen LogP contribution in [-0.4, -0.2) is 54.6 Å². The van der Waals surface area contributed by atoms with E-state index in [0.717, 1.165) is 12.8 Å². The van der Waals surface area contributed by atoms with Crippen molar-refractivity contribution in [1.29, 1.82) is 0 Å². The smallest absolute Gasteiger partial charge is 0.317 e. The average molecular weight is 285 g/mol. The number of nitrogens with one attached hydrogen (secondary N) is 2. The Hall–Kier alpha value is -1.79. The standard InChI is InChI=1S/C13H23N3O4/c1-14-11(17)6-7-15-13(20)16-8-2-3-10(9-16)4-5-12(18)19/h10H,2-9H2,1H3,(H,14,17)(H,15,20)(H,18,19). The van der Waals surface area contributed by atoms with E-state index in [9.17, 15) is 14.4 Å². The highest BCUT2D eigenvalue weighted by Gasteiger charge is 2.23. The van der Waals surface area contributed by atoms with Crippen molar-refractivity contribution in [2.24, 2.45) is 5.92 Å². The molecule has 0 spiro atoms. The minimum atomic E-state index is -0.794. The summed E-state index contributed by atoms with van der Waals surface area (Å²) in [6, 6.07) is -0.172. The summed E-state index contributed by atoms with van der Waals surface area (Å²) in [6.07, 6.45) is 2.88. The van der Waals surface area contributed by atoms with E-state index in [1.165, 1.54) is 0 Å². The Labute approximate surface area is 118 Å². The summed E-state index contributed by atoms with van der Waals surface area (Å²) in [5.41, 5.74) is 0. The van der Waals surface area contributed by atoms with Crippen LogP contribution in [0.5, 0.6) is 0 Å². The van der Waals surface area contributed by atoms with Crippen LogP contribution in [0.3, 0.4) is 0 Å². The van der Waals surface area contributed by atoms with Crippen LogP contribution in [0.4, 0.5) is 4.79 Å². The third-order valence-electron chi connectivity index (χ3n) is 3.48. The van der Waals surface area contributed by atoms with E-state index >= 15 is 0 Å². The molecule has 1 atom stereocenters. The van der Waals surface area contributed by atoms with Crippen LogP contribution in [0.15, 0.2) is 0 Å². The molecule has 3 amide bonds. The van der Waals surface area contributed by atoms with Gasteiger partial charge in [-0.3, -0.25) is 9.59 Å². The third-order valence-corrected chi connectivity index (χ3v) is 3.48. The SMILES string of the molecule is CNC(=O)CCNC(=O)N1CCCC(CCC(=O)O)C1. The molecule has 0 radical (unpaired) electrons. The summed E-state index contributed by atoms with van der Waals surface area (Å²) in [6.45, 7) is 1.60. The number of amides is 3. The molecule has 1 aliphatic rings. The normalized spacial score (nSPS) is 18.4. The minimum Gasteiger partial charge on any atom is -0.481 e. The number of hydrogen-bond acceptors (Lipinski definition) is 3. The van der Waals surface area contributed by atoms with E-state index in [2.05, 4.69) is 10.6 Å². The van der Waals surface area contributed by atoms with Gasteiger partial charge in [0.1, 0.15) is 0 Å². The molecule has 1 fully saturated rings. The molecule has 7 nitrogen and oxygen atoms in total. The number of carboxylic acids is 1. The molecule has 0 aromatic carbocycles. The van der Waals surface area contributed by atoms with Gasteiger partial charge in [0.05, 0.1) is 0 Å². The van der Waals surface area contributed by atoms with Gasteiger partial charge < -0.3 is 20.6 Å². The van der Waals surface area contributed by atoms with Crippen molar-refractivity contribution in [2.45, 2.75) is 32.1 Å². The first-order valence-electron chi connectivity index (χ1n) is 6.98. The van der Waals surface area contributed by atoms with Gasteiger partial charge in [0.2, 0.25) is 5.91 Å². The van der Waals surface area contributed by atoms with E-state index in [4.69, 9.17) is 5.11 Å². The molecule has 3 N–H and O–H groups in total. The number of rotatable bonds is 6. The fraction of sp³-hybridized carbons (Fsp3) is 0.769. The lowest BCUT2D eigenvalue weighted by atomic mass is 9.93. The average Bonchev–Trinajstić information content (AvgIpc) is 2.45. The van der Waals surface area contributed by atoms with Crippen molar-refractivity contribution < 1.29 is 19.5 Å². The van der Waals surface area contributed by atoms with E-state index in [1.54, 1.807) is 11.9 Å². The fourth-order valence-electron chi connectivity index (χ4n) is 2.33. The van der Waals surface area contributed by atoms with Gasteiger partial charge in [-0.1, -0.05) is 0 Å². The molecular formula is C13H23N3O4. The van der Waals surface area contributed by atoms with Gasteiger partial charge >= 0.3 is 12.0 Å². The van der Waals surface area contributed by atoms with Crippen LogP contribution in [0.1, 0.15) is 32.1 Å². The lowest BCUT2D eigenvalue weighted by molar-refractivity contribution is -0.137. The summed E-state index contributed by atoms with van der Waals surface area (Å²) in [5.74, 6) is -0.648. The number of carbonyl (C=O) groups is 3. The summed E-state index contributed by atoms with van der Waals surface area (Å²) in [5, 5.41) is 13.9. The Kier molecular flexibility index (Phi) is 6.83. The van der Waals surface area contributed by atoms with Crippen molar-refractivity contribution in [3.05, 3.63) is 0 Å². The predicted molar refractivity (Wildman–Crippen MR) is 73.2 cm³/mol. The summed E-state index contributed by atoms with van der Waals surface area (Å²) in [7, 11) is 1.56. The third kappa shape index (κ3) is 5.90. The second kappa shape index (κ2) is 8.39. The number of aliphatic carboxylic acids is 1. The van der Waals surface area contributed by atoms with Crippen LogP contribution < -0.4 is 10.6 Å². The summed E-state index contributed by atoms with van der Waals surface area (Å²) >= 11 is 0. The second-order valence-electron chi connectivity index (χ2n) is 5.04. The van der Waals surface area contributed by atoms with Gasteiger partial charge in [0.25, 0.3) is 0 Å². The number of hydrogen-bond donors (Lipinski definition) is 3. The van der Waals surface area contributed by atoms with E-state index in [-0.39, 0.29) is 30.7 Å². The maximum absolute atomic E-state index is 11.9. The minimum absolute atomic E-state index is 0.108. The molecule has 1 heterocycles. The van der Waals surface area contributed by atoms with E-state index in [1.807, 2.05) is 0 Å². The number of piperidine rings is 1. The van der Waals surface area contributed by atoms with Gasteiger partial charge in [0, 0.05) is 39.5 Å². The summed E-state index contributed by atoms with van der Waals surface area (Å²) in [4.78, 5) is 35.2. The molecule has 1 aliphatic heterocycles. The maximum Gasteiger partial charge on any atom is 0.317 e. The first-order chi connectivity index (χ1) is 9.52. The van der Waals surface area contributed by atoms with Crippen molar-refractivity contribution in [3.63, 3.8) is 0 Å². The van der Waals surface area contributed by atoms with Crippen molar-refractivity contribution >= 4 is 17.9 Å². The van der Waals surface area contributed by atoms with Crippen LogP contribution in [-0.2, 0) is 9.59 Å². The molecule has 20 heavy (non-hydrogen) atoms. The zero-order valence-corrected chi connectivity index (χ0v) is 11.9. The van der Waals surface area contributed by atoms with Gasteiger partial charge in [-0.2, -0.15) is 0 Å². The second-order valence-corrected chi connectivity index (χ2v) is 5.04. The Bertz CT molecular complexity index is 360. The molecule has 1 unspecified atom stereocenters. The Balaban J connectivity index is 2.29. The zero-order valence-electron chi connectivity index (χ0n) is 11.9. The molecule has 7 heteroatoms. The Morgan fingerprint density at radius 1 is 1.30 bits per heavy atom. The lowest BCUT2D eigenvalue weighted by Crippen LogP contribution is -2.46. The van der Waals surface area contributed by atoms with Gasteiger partial charge in [-0.25, -0.2) is 4.79 Å². The highest BCUT2D eigenvalue weighted by atomic mass is 16.4. The van der Waals surface area contributed by atoms with Gasteiger partial charge in [-0.05, 0) is 25.2 Å². The van der Waals surface area contributed by atoms with Crippen LogP contribution >= 0.6 is 0 Å². The largest absolute Gasteiger partial charge is 0.481 e. The number of carboxylic acid groups (broad SMARTS) is 1. The molecule has 1 rings (SSSR count). The predicted octanol–water partition coefficient (Wildman–Crippen LogP) is 0.409. The highest BCUT2D eigenvalue weighted by Crippen LogP contribution is 2.20. The van der Waals surface area contributed by atoms with Crippen molar-refractivity contribution in [3.8, 4) is 0 Å². The molecule has 0 bridgehead atoms. The molecule has 1 saturated heterocycles. The lowest BCUT2D eigenvalue weighted by Gasteiger charge is -2.32. The summed E-state index contributed by atoms with van der Waals surface area (Å²) < 4.78 is 0. The number of nitrogens with zero attached hydrogens (tertiary/aromatic N) is 1. The molecule has 0 aliphatic carbocycles. The molecule has 0 saturated carbocycles. The van der Waals surface area contributed by atoms with Crippen LogP contribution in [0.25, 0.3) is 0 Å². The molecule has 0 aromatic heterocycles. The number of likely N-dealkylation sites (tertiary alicyclic amines) is 1. The molecule has 114 valence electrons. The van der Waals surface area contributed by atoms with Crippen molar-refractivity contribution in [1.82, 2.24) is 15.5 Å². The van der Waals surface area contributed by atoms with E-state index in [0.29, 0.717) is 26.1 Å². The topological polar surface area (TPSA) is 98.7 Å². The highest BCUT2D eigenvalue weighted by molar-refractivity contribution is 5.78. The van der Waals surface area contributed by atoms with E-state index < -0.39 is 5.97 Å². The zero-order chi connectivity index (χ0) is 15.0. The first-order valence-corrected chi connectivity index (χ1v) is 6.98. The first kappa shape index (κ1) is 16.3. The van der Waals surface area contributed by atoms with Crippen LogP contribution in [0, 0.1) is 5.92 Å². The van der Waals surface area contributed by atoms with Crippen LogP contribution in [0.2, 0.25) is 0 Å². The monoisotopic (exact) mass is 285 g/mol. The molecular weight excluding hydrogens is 262 g/mol. The van der Waals surface area contributed by atoms with Crippen molar-refractivity contribution in [2.75, 3.05) is 26.7 Å². The fourth-order valence-corrected chi connectivity index (χ4v) is 2.33. The maximum atomic E-state index is 11.9. The molecule has 0 aromatic rings. The Morgan fingerprint density at radius 2 is 2.05 bits per heavy atom. The Morgan fingerprint density at radius 3 is 2.70 bits per heavy atom. The number of carbonyl (C=O) groups excluding carboxylic acids is 2. The quantitative estimate of drug-likeness (QED) is 0.658. The van der Waals surface area contributed by atoms with Gasteiger partial charge in [-0.15, -0.1) is 0 Å².